The maximum absolute atomic E-state index is 13.0. The van der Waals surface area contributed by atoms with Crippen molar-refractivity contribution in [1.29, 1.82) is 5.26 Å². The quantitative estimate of drug-likeness (QED) is 0.836. The van der Waals surface area contributed by atoms with Gasteiger partial charge < -0.3 is 10.1 Å². The van der Waals surface area contributed by atoms with E-state index in [-0.39, 0.29) is 29.2 Å². The maximum atomic E-state index is 13.0. The van der Waals surface area contributed by atoms with Crippen molar-refractivity contribution in [2.45, 2.75) is 11.3 Å². The highest BCUT2D eigenvalue weighted by Gasteiger charge is 2.26. The minimum atomic E-state index is -4.09. The summed E-state index contributed by atoms with van der Waals surface area (Å²) in [6.45, 7) is -0.141. The van der Waals surface area contributed by atoms with Crippen LogP contribution >= 0.6 is 0 Å². The van der Waals surface area contributed by atoms with Gasteiger partial charge in [0.2, 0.25) is 0 Å². The zero-order chi connectivity index (χ0) is 17.0. The van der Waals surface area contributed by atoms with Gasteiger partial charge in [0.15, 0.2) is 0 Å². The van der Waals surface area contributed by atoms with Gasteiger partial charge in [0, 0.05) is 12.7 Å². The summed E-state index contributed by atoms with van der Waals surface area (Å²) in [5, 5.41) is 17.6. The van der Waals surface area contributed by atoms with E-state index in [1.165, 1.54) is 12.1 Å². The molecule has 2 aromatic rings. The van der Waals surface area contributed by atoms with Crippen LogP contribution in [0.25, 0.3) is 0 Å². The smallest absolute Gasteiger partial charge is 0.352 e. The highest BCUT2D eigenvalue weighted by Crippen LogP contribution is 2.24. The molecule has 7 nitrogen and oxygen atoms in total. The topological polar surface area (TPSA) is 114 Å². The Balaban J connectivity index is 2.45. The molecule has 9 heteroatoms. The van der Waals surface area contributed by atoms with Crippen molar-refractivity contribution in [2.24, 2.45) is 0 Å². The van der Waals surface area contributed by atoms with Crippen molar-refractivity contribution >= 4 is 21.7 Å². The summed E-state index contributed by atoms with van der Waals surface area (Å²) in [4.78, 5) is 13.0. The van der Waals surface area contributed by atoms with Gasteiger partial charge >= 0.3 is 5.97 Å². The summed E-state index contributed by atoms with van der Waals surface area (Å²) in [7, 11) is -4.09. The fourth-order valence-electron chi connectivity index (χ4n) is 1.92. The largest absolute Gasteiger partial charge is 0.477 e. The van der Waals surface area contributed by atoms with Crippen molar-refractivity contribution < 1.29 is 22.7 Å². The van der Waals surface area contributed by atoms with Crippen LogP contribution in [0.1, 0.15) is 16.9 Å². The molecule has 0 aliphatic heterocycles. The number of benzene rings is 1. The molecule has 1 aromatic heterocycles. The van der Waals surface area contributed by atoms with Crippen molar-refractivity contribution in [1.82, 2.24) is 4.98 Å². The summed E-state index contributed by atoms with van der Waals surface area (Å²) in [5.41, 5.74) is -0.0948. The molecular weight excluding hydrogens is 325 g/mol. The van der Waals surface area contributed by atoms with Crippen LogP contribution in [0, 0.1) is 17.1 Å². The molecule has 0 radical (unpaired) electrons. The second-order valence-electron chi connectivity index (χ2n) is 4.52. The SMILES string of the molecule is N#CCCN(c1ccc(F)cc1)S(=O)(=O)c1c[nH]c(C(=O)O)c1. The number of carbonyl (C=O) groups is 1. The molecule has 0 amide bonds. The molecule has 0 fully saturated rings. The first kappa shape index (κ1) is 16.5. The number of sulfonamides is 1. The van der Waals surface area contributed by atoms with E-state index in [0.29, 0.717) is 0 Å². The lowest BCUT2D eigenvalue weighted by atomic mass is 10.3. The number of nitrogens with one attached hydrogen (secondary N) is 1. The summed E-state index contributed by atoms with van der Waals surface area (Å²) >= 11 is 0. The normalized spacial score (nSPS) is 11.0. The second kappa shape index (κ2) is 6.50. The van der Waals surface area contributed by atoms with Crippen LogP contribution in [0.2, 0.25) is 0 Å². The number of rotatable bonds is 6. The number of anilines is 1. The second-order valence-corrected chi connectivity index (χ2v) is 6.38. The number of aromatic carboxylic acids is 1. The summed E-state index contributed by atoms with van der Waals surface area (Å²) < 4.78 is 39.3. The molecule has 0 saturated heterocycles. The number of nitriles is 1. The van der Waals surface area contributed by atoms with Gasteiger partial charge in [0.05, 0.1) is 18.2 Å². The molecule has 23 heavy (non-hydrogen) atoms. The molecule has 0 aliphatic rings. The third-order valence-electron chi connectivity index (χ3n) is 3.02. The fraction of sp³-hybridized carbons (Fsp3) is 0.143. The van der Waals surface area contributed by atoms with Gasteiger partial charge in [-0.3, -0.25) is 4.31 Å². The minimum Gasteiger partial charge on any atom is -0.477 e. The average Bonchev–Trinajstić information content (AvgIpc) is 3.00. The van der Waals surface area contributed by atoms with E-state index in [1.807, 2.05) is 6.07 Å². The van der Waals surface area contributed by atoms with E-state index >= 15 is 0 Å². The number of carboxylic acids is 1. The zero-order valence-electron chi connectivity index (χ0n) is 11.7. The summed E-state index contributed by atoms with van der Waals surface area (Å²) in [6.07, 6.45) is 0.981. The Bertz CT molecular complexity index is 853. The van der Waals surface area contributed by atoms with E-state index < -0.39 is 21.8 Å². The molecule has 0 aliphatic carbocycles. The van der Waals surface area contributed by atoms with Crippen LogP contribution < -0.4 is 4.31 Å². The Labute approximate surface area is 131 Å². The van der Waals surface area contributed by atoms with Crippen LogP contribution in [0.3, 0.4) is 0 Å². The Morgan fingerprint density at radius 2 is 2.00 bits per heavy atom. The Hall–Kier alpha value is -2.86. The van der Waals surface area contributed by atoms with Gasteiger partial charge in [-0.15, -0.1) is 0 Å². The third kappa shape index (κ3) is 3.49. The minimum absolute atomic E-state index is 0.0766. The van der Waals surface area contributed by atoms with Crippen LogP contribution in [-0.2, 0) is 10.0 Å². The lowest BCUT2D eigenvalue weighted by molar-refractivity contribution is 0.0691. The Morgan fingerprint density at radius 3 is 2.52 bits per heavy atom. The standard InChI is InChI=1S/C14H12FN3O4S/c15-10-2-4-11(5-3-10)18(7-1-6-16)23(21,22)12-8-13(14(19)20)17-9-12/h2-5,8-9,17H,1,7H2,(H,19,20). The molecule has 0 bridgehead atoms. The monoisotopic (exact) mass is 337 g/mol. The van der Waals surface area contributed by atoms with Gasteiger partial charge in [-0.25, -0.2) is 17.6 Å². The van der Waals surface area contributed by atoms with Crippen molar-refractivity contribution in [2.75, 3.05) is 10.8 Å². The van der Waals surface area contributed by atoms with Gasteiger partial charge in [-0.2, -0.15) is 5.26 Å². The van der Waals surface area contributed by atoms with Crippen LogP contribution in [0.15, 0.2) is 41.4 Å². The Morgan fingerprint density at radius 1 is 1.35 bits per heavy atom. The molecule has 0 atom stereocenters. The molecule has 2 N–H and O–H groups in total. The first-order valence-electron chi connectivity index (χ1n) is 6.43. The number of hydrogen-bond acceptors (Lipinski definition) is 4. The highest BCUT2D eigenvalue weighted by atomic mass is 32.2. The molecule has 0 spiro atoms. The van der Waals surface area contributed by atoms with Gasteiger partial charge in [-0.05, 0) is 30.3 Å². The zero-order valence-corrected chi connectivity index (χ0v) is 12.5. The molecule has 120 valence electrons. The van der Waals surface area contributed by atoms with Crippen LogP contribution in [0.5, 0.6) is 0 Å². The van der Waals surface area contributed by atoms with E-state index in [2.05, 4.69) is 4.98 Å². The predicted molar refractivity (Wildman–Crippen MR) is 78.9 cm³/mol. The van der Waals surface area contributed by atoms with Crippen LogP contribution in [-0.4, -0.2) is 31.0 Å². The van der Waals surface area contributed by atoms with Gasteiger partial charge in [-0.1, -0.05) is 0 Å². The summed E-state index contributed by atoms with van der Waals surface area (Å²) in [6, 6.07) is 7.58. The molecule has 1 heterocycles. The van der Waals surface area contributed by atoms with Gasteiger partial charge in [0.1, 0.15) is 16.4 Å². The number of carboxylic acid groups (broad SMARTS) is 1. The first-order valence-corrected chi connectivity index (χ1v) is 7.87. The third-order valence-corrected chi connectivity index (χ3v) is 4.82. The lowest BCUT2D eigenvalue weighted by Gasteiger charge is -2.22. The van der Waals surface area contributed by atoms with E-state index in [0.717, 1.165) is 28.7 Å². The molecule has 0 saturated carbocycles. The summed E-state index contributed by atoms with van der Waals surface area (Å²) in [5.74, 6) is -1.82. The highest BCUT2D eigenvalue weighted by molar-refractivity contribution is 7.92. The maximum Gasteiger partial charge on any atom is 0.352 e. The van der Waals surface area contributed by atoms with Gasteiger partial charge in [0.25, 0.3) is 10.0 Å². The number of hydrogen-bond donors (Lipinski definition) is 2. The molecule has 1 aromatic carbocycles. The van der Waals surface area contributed by atoms with Crippen molar-refractivity contribution in [3.05, 3.63) is 48.0 Å². The fourth-order valence-corrected chi connectivity index (χ4v) is 3.38. The molecular formula is C14H12FN3O4S. The average molecular weight is 337 g/mol. The lowest BCUT2D eigenvalue weighted by Crippen LogP contribution is -2.31. The predicted octanol–water partition coefficient (Wildman–Crippen LogP) is 1.96. The molecule has 0 unspecified atom stereocenters. The number of nitrogens with zero attached hydrogens (tertiary/aromatic N) is 2. The number of halogens is 1. The Kier molecular flexibility index (Phi) is 4.66. The van der Waals surface area contributed by atoms with E-state index in [9.17, 15) is 17.6 Å². The van der Waals surface area contributed by atoms with Crippen molar-refractivity contribution in [3.63, 3.8) is 0 Å². The number of aromatic nitrogens is 1. The van der Waals surface area contributed by atoms with E-state index in [4.69, 9.17) is 10.4 Å². The van der Waals surface area contributed by atoms with E-state index in [1.54, 1.807) is 0 Å². The molecule has 2 rings (SSSR count). The number of aromatic amines is 1. The van der Waals surface area contributed by atoms with Crippen molar-refractivity contribution in [3.8, 4) is 6.07 Å². The first-order chi connectivity index (χ1) is 10.9. The van der Waals surface area contributed by atoms with Crippen LogP contribution in [0.4, 0.5) is 10.1 Å². The number of H-pyrrole nitrogens is 1.